The van der Waals surface area contributed by atoms with E-state index in [1.54, 1.807) is 0 Å². The van der Waals surface area contributed by atoms with Crippen molar-refractivity contribution in [1.29, 1.82) is 0 Å². The van der Waals surface area contributed by atoms with Gasteiger partial charge in [0.25, 0.3) is 0 Å². The van der Waals surface area contributed by atoms with Crippen LogP contribution in [-0.4, -0.2) is 0 Å². The van der Waals surface area contributed by atoms with Gasteiger partial charge in [-0.05, 0) is 79.7 Å². The molecule has 0 bridgehead atoms. The van der Waals surface area contributed by atoms with Crippen molar-refractivity contribution in [1.82, 2.24) is 0 Å². The molecule has 0 heteroatoms. The molecule has 0 saturated heterocycles. The van der Waals surface area contributed by atoms with Gasteiger partial charge in [-0.2, -0.15) is 0 Å². The molecule has 0 nitrogen and oxygen atoms in total. The number of rotatable bonds is 6. The van der Waals surface area contributed by atoms with E-state index in [2.05, 4.69) is 74.2 Å². The van der Waals surface area contributed by atoms with Crippen molar-refractivity contribution in [2.24, 2.45) is 5.92 Å². The molecule has 3 rings (SSSR count). The fourth-order valence-electron chi connectivity index (χ4n) is 4.14. The summed E-state index contributed by atoms with van der Waals surface area (Å²) in [7, 11) is 0. The van der Waals surface area contributed by atoms with E-state index >= 15 is 0 Å². The zero-order chi connectivity index (χ0) is 18.9. The Hall–Kier alpha value is -2.00. The summed E-state index contributed by atoms with van der Waals surface area (Å²) in [5, 5.41) is 0. The molecule has 1 aliphatic carbocycles. The normalized spacial score (nSPS) is 19.3. The number of unbranched alkanes of at least 4 members (excludes halogenated alkanes) is 1. The van der Waals surface area contributed by atoms with Crippen molar-refractivity contribution in [3.8, 4) is 11.8 Å². The first-order chi connectivity index (χ1) is 13.3. The minimum Gasteiger partial charge on any atom is -0.0945 e. The van der Waals surface area contributed by atoms with Gasteiger partial charge >= 0.3 is 0 Å². The standard InChI is InChI=1S/C27H34/c1-3-5-7-23-8-10-24(11-9-23)12-13-25-16-20-27(21-17-25)26-18-14-22(6-4-2)15-19-26/h8-11,14-15,18-19,25,27H,3-7,16-17,20-21H2,1-2H3. The minimum atomic E-state index is 0.570. The Morgan fingerprint density at radius 1 is 0.741 bits per heavy atom. The highest BCUT2D eigenvalue weighted by Gasteiger charge is 2.21. The molecule has 0 atom stereocenters. The van der Waals surface area contributed by atoms with E-state index < -0.39 is 0 Å². The molecule has 1 saturated carbocycles. The Balaban J connectivity index is 1.50. The van der Waals surface area contributed by atoms with E-state index in [-0.39, 0.29) is 0 Å². The zero-order valence-corrected chi connectivity index (χ0v) is 17.1. The van der Waals surface area contributed by atoms with Crippen molar-refractivity contribution in [2.75, 3.05) is 0 Å². The van der Waals surface area contributed by atoms with E-state index in [1.807, 2.05) is 0 Å². The number of hydrogen-bond donors (Lipinski definition) is 0. The molecule has 0 unspecified atom stereocenters. The predicted molar refractivity (Wildman–Crippen MR) is 117 cm³/mol. The van der Waals surface area contributed by atoms with Crippen molar-refractivity contribution < 1.29 is 0 Å². The summed E-state index contributed by atoms with van der Waals surface area (Å²) < 4.78 is 0. The summed E-state index contributed by atoms with van der Waals surface area (Å²) in [5.74, 6) is 8.27. The maximum atomic E-state index is 3.55. The first-order valence-electron chi connectivity index (χ1n) is 11.0. The van der Waals surface area contributed by atoms with Crippen LogP contribution in [0.15, 0.2) is 48.5 Å². The Labute approximate surface area is 166 Å². The van der Waals surface area contributed by atoms with Gasteiger partial charge in [0, 0.05) is 11.5 Å². The second kappa shape index (κ2) is 10.4. The second-order valence-electron chi connectivity index (χ2n) is 8.11. The quantitative estimate of drug-likeness (QED) is 0.475. The van der Waals surface area contributed by atoms with Crippen LogP contribution in [0.2, 0.25) is 0 Å². The molecule has 0 aromatic heterocycles. The van der Waals surface area contributed by atoms with Gasteiger partial charge in [-0.1, -0.05) is 74.9 Å². The number of aryl methyl sites for hydroxylation is 2. The van der Waals surface area contributed by atoms with E-state index in [1.165, 1.54) is 80.0 Å². The van der Waals surface area contributed by atoms with Crippen LogP contribution in [0.3, 0.4) is 0 Å². The molecule has 0 N–H and O–H groups in total. The largest absolute Gasteiger partial charge is 0.0945 e. The van der Waals surface area contributed by atoms with Crippen LogP contribution >= 0.6 is 0 Å². The lowest BCUT2D eigenvalue weighted by Gasteiger charge is -2.26. The summed E-state index contributed by atoms with van der Waals surface area (Å²) in [6.07, 6.45) is 11.2. The first kappa shape index (κ1) is 19.8. The highest BCUT2D eigenvalue weighted by molar-refractivity contribution is 5.37. The summed E-state index contributed by atoms with van der Waals surface area (Å²) in [4.78, 5) is 0. The maximum Gasteiger partial charge on any atom is 0.0245 e. The lowest BCUT2D eigenvalue weighted by Crippen LogP contribution is -2.12. The molecule has 0 heterocycles. The lowest BCUT2D eigenvalue weighted by atomic mass is 9.78. The number of benzene rings is 2. The SMILES string of the molecule is CCCCc1ccc(C#CC2CCC(c3ccc(CCC)cc3)CC2)cc1. The monoisotopic (exact) mass is 358 g/mol. The van der Waals surface area contributed by atoms with E-state index in [9.17, 15) is 0 Å². The molecule has 2 aromatic rings. The van der Waals surface area contributed by atoms with Crippen molar-refractivity contribution in [3.05, 3.63) is 70.8 Å². The molecule has 0 amide bonds. The maximum absolute atomic E-state index is 3.55. The van der Waals surface area contributed by atoms with Crippen LogP contribution in [-0.2, 0) is 12.8 Å². The first-order valence-corrected chi connectivity index (χ1v) is 11.0. The molecular formula is C27H34. The van der Waals surface area contributed by atoms with Crippen LogP contribution < -0.4 is 0 Å². The summed E-state index contributed by atoms with van der Waals surface area (Å²) in [5.41, 5.74) is 5.61. The average molecular weight is 359 g/mol. The van der Waals surface area contributed by atoms with Gasteiger partial charge in [-0.25, -0.2) is 0 Å². The van der Waals surface area contributed by atoms with Crippen LogP contribution in [0, 0.1) is 17.8 Å². The van der Waals surface area contributed by atoms with Crippen LogP contribution in [0.25, 0.3) is 0 Å². The van der Waals surface area contributed by atoms with E-state index in [0.29, 0.717) is 5.92 Å². The fraction of sp³-hybridized carbons (Fsp3) is 0.481. The molecule has 27 heavy (non-hydrogen) atoms. The lowest BCUT2D eigenvalue weighted by molar-refractivity contribution is 0.384. The van der Waals surface area contributed by atoms with Gasteiger partial charge in [-0.3, -0.25) is 0 Å². The number of hydrogen-bond acceptors (Lipinski definition) is 0. The second-order valence-corrected chi connectivity index (χ2v) is 8.11. The molecule has 0 aliphatic heterocycles. The molecule has 0 radical (unpaired) electrons. The third-order valence-corrected chi connectivity index (χ3v) is 5.91. The average Bonchev–Trinajstić information content (AvgIpc) is 2.73. The topological polar surface area (TPSA) is 0 Å². The Bertz CT molecular complexity index is 731. The van der Waals surface area contributed by atoms with Gasteiger partial charge in [-0.15, -0.1) is 0 Å². The van der Waals surface area contributed by atoms with Gasteiger partial charge < -0.3 is 0 Å². The van der Waals surface area contributed by atoms with Crippen LogP contribution in [0.4, 0.5) is 0 Å². The molecule has 1 fully saturated rings. The molecule has 1 aliphatic rings. The predicted octanol–water partition coefficient (Wildman–Crippen LogP) is 7.31. The summed E-state index contributed by atoms with van der Waals surface area (Å²) in [6.45, 7) is 4.49. The molecule has 2 aromatic carbocycles. The zero-order valence-electron chi connectivity index (χ0n) is 17.1. The molecule has 142 valence electrons. The summed E-state index contributed by atoms with van der Waals surface area (Å²) >= 11 is 0. The van der Waals surface area contributed by atoms with Gasteiger partial charge in [0.15, 0.2) is 0 Å². The molecule has 0 spiro atoms. The Morgan fingerprint density at radius 2 is 1.37 bits per heavy atom. The molecular weight excluding hydrogens is 324 g/mol. The van der Waals surface area contributed by atoms with Crippen LogP contribution in [0.1, 0.15) is 87.0 Å². The van der Waals surface area contributed by atoms with Crippen LogP contribution in [0.5, 0.6) is 0 Å². The Morgan fingerprint density at radius 3 is 2.00 bits per heavy atom. The minimum absolute atomic E-state index is 0.570. The fourth-order valence-corrected chi connectivity index (χ4v) is 4.14. The smallest absolute Gasteiger partial charge is 0.0245 e. The van der Waals surface area contributed by atoms with Gasteiger partial charge in [0.1, 0.15) is 0 Å². The Kier molecular flexibility index (Phi) is 7.58. The highest BCUT2D eigenvalue weighted by atomic mass is 14.2. The van der Waals surface area contributed by atoms with Gasteiger partial charge in [0.05, 0.1) is 0 Å². The third-order valence-electron chi connectivity index (χ3n) is 5.91. The highest BCUT2D eigenvalue weighted by Crippen LogP contribution is 2.35. The van der Waals surface area contributed by atoms with E-state index in [0.717, 1.165) is 5.92 Å². The van der Waals surface area contributed by atoms with Crippen molar-refractivity contribution >= 4 is 0 Å². The van der Waals surface area contributed by atoms with E-state index in [4.69, 9.17) is 0 Å². The van der Waals surface area contributed by atoms with Crippen molar-refractivity contribution in [2.45, 2.75) is 77.6 Å². The third kappa shape index (κ3) is 6.00. The summed E-state index contributed by atoms with van der Waals surface area (Å²) in [6, 6.07) is 18.3. The van der Waals surface area contributed by atoms with Gasteiger partial charge in [0.2, 0.25) is 0 Å². The van der Waals surface area contributed by atoms with Crippen molar-refractivity contribution in [3.63, 3.8) is 0 Å².